The maximum absolute atomic E-state index is 13.3. The van der Waals surface area contributed by atoms with Gasteiger partial charge in [-0.3, -0.25) is 10.1 Å². The molecule has 5 N–H and O–H groups in total. The molecule has 2 atom stereocenters. The monoisotopic (exact) mass is 405 g/mol. The average molecular weight is 406 g/mol. The van der Waals surface area contributed by atoms with Gasteiger partial charge in [-0.25, -0.2) is 0 Å². The van der Waals surface area contributed by atoms with Crippen molar-refractivity contribution in [3.8, 4) is 5.75 Å². The number of nitrogens with one attached hydrogen (secondary N) is 1. The Morgan fingerprint density at radius 1 is 1.03 bits per heavy atom. The van der Waals surface area contributed by atoms with Crippen LogP contribution in [0.2, 0.25) is 0 Å². The van der Waals surface area contributed by atoms with Crippen LogP contribution in [0.4, 0.5) is 0 Å². The van der Waals surface area contributed by atoms with Crippen molar-refractivity contribution in [3.63, 3.8) is 0 Å². The molecule has 3 aromatic carbocycles. The van der Waals surface area contributed by atoms with E-state index in [1.54, 1.807) is 6.92 Å². The molecule has 0 amide bonds. The second-order valence-corrected chi connectivity index (χ2v) is 7.71. The number of carbonyl (C=O) groups excluding carboxylic acids is 1. The number of ketones is 1. The zero-order valence-electron chi connectivity index (χ0n) is 17.5. The second-order valence-electron chi connectivity index (χ2n) is 7.71. The van der Waals surface area contributed by atoms with Gasteiger partial charge < -0.3 is 16.2 Å². The number of nitrogens with two attached hydrogens (primary N) is 2. The fourth-order valence-corrected chi connectivity index (χ4v) is 3.52. The van der Waals surface area contributed by atoms with Crippen LogP contribution >= 0.6 is 0 Å². The number of hydrogen-bond acceptors (Lipinski definition) is 5. The van der Waals surface area contributed by atoms with Gasteiger partial charge in [0.15, 0.2) is 0 Å². The van der Waals surface area contributed by atoms with Gasteiger partial charge in [-0.05, 0) is 61.2 Å². The van der Waals surface area contributed by atoms with Crippen LogP contribution < -0.4 is 21.5 Å². The number of benzene rings is 3. The van der Waals surface area contributed by atoms with Crippen LogP contribution in [0.1, 0.15) is 25.3 Å². The first-order valence-electron chi connectivity index (χ1n) is 10.5. The maximum atomic E-state index is 13.3. The summed E-state index contributed by atoms with van der Waals surface area (Å²) in [5.41, 5.74) is 11.9. The van der Waals surface area contributed by atoms with Gasteiger partial charge in [0.25, 0.3) is 0 Å². The standard InChI is InChI=1S/C25H31N3O2/c1-25(28-17-7-16-26,24(29)23(27)15-12-19-8-3-2-4-9-19)30-22-14-13-20-10-5-6-11-21(20)18-22/h2-6,8-11,13-14,18,23,28H,7,12,15-17,26-27H2,1H3/t23-,25?/m0/s1. The van der Waals surface area contributed by atoms with Gasteiger partial charge in [-0.2, -0.15) is 0 Å². The summed E-state index contributed by atoms with van der Waals surface area (Å²) in [6, 6.07) is 23.3. The fraction of sp³-hybridized carbons (Fsp3) is 0.320. The highest BCUT2D eigenvalue weighted by molar-refractivity contribution is 5.91. The molecule has 0 bridgehead atoms. The highest BCUT2D eigenvalue weighted by Gasteiger charge is 2.38. The molecule has 0 aliphatic heterocycles. The van der Waals surface area contributed by atoms with Crippen molar-refractivity contribution in [2.24, 2.45) is 11.5 Å². The Bertz CT molecular complexity index is 961. The Balaban J connectivity index is 1.75. The van der Waals surface area contributed by atoms with Gasteiger partial charge in [-0.1, -0.05) is 60.7 Å². The SMILES string of the molecule is CC(NCCCN)(Oc1ccc2ccccc2c1)C(=O)[C@@H](N)CCc1ccccc1. The molecule has 30 heavy (non-hydrogen) atoms. The molecule has 5 heteroatoms. The van der Waals surface area contributed by atoms with Gasteiger partial charge in [0.2, 0.25) is 11.5 Å². The quantitative estimate of drug-likeness (QED) is 0.336. The lowest BCUT2D eigenvalue weighted by Gasteiger charge is -2.32. The third-order valence-corrected chi connectivity index (χ3v) is 5.28. The van der Waals surface area contributed by atoms with E-state index >= 15 is 0 Å². The first-order valence-corrected chi connectivity index (χ1v) is 10.5. The van der Waals surface area contributed by atoms with E-state index < -0.39 is 11.8 Å². The number of carbonyl (C=O) groups is 1. The van der Waals surface area contributed by atoms with Gasteiger partial charge in [0, 0.05) is 6.54 Å². The molecule has 0 heterocycles. The van der Waals surface area contributed by atoms with E-state index in [1.807, 2.05) is 72.8 Å². The normalized spacial score (nSPS) is 14.2. The highest BCUT2D eigenvalue weighted by atomic mass is 16.5. The summed E-state index contributed by atoms with van der Waals surface area (Å²) >= 11 is 0. The van der Waals surface area contributed by atoms with Crippen molar-refractivity contribution in [1.29, 1.82) is 0 Å². The Kier molecular flexibility index (Phi) is 7.57. The topological polar surface area (TPSA) is 90.4 Å². The van der Waals surface area contributed by atoms with E-state index in [1.165, 1.54) is 0 Å². The zero-order chi connectivity index (χ0) is 21.4. The number of hydrogen-bond donors (Lipinski definition) is 3. The van der Waals surface area contributed by atoms with Crippen molar-refractivity contribution in [2.45, 2.75) is 38.0 Å². The average Bonchev–Trinajstić information content (AvgIpc) is 2.77. The van der Waals surface area contributed by atoms with Crippen molar-refractivity contribution >= 4 is 16.6 Å². The molecule has 0 aromatic heterocycles. The molecule has 1 unspecified atom stereocenters. The smallest absolute Gasteiger partial charge is 0.218 e. The molecular weight excluding hydrogens is 374 g/mol. The lowest BCUT2D eigenvalue weighted by atomic mass is 9.97. The lowest BCUT2D eigenvalue weighted by Crippen LogP contribution is -2.60. The molecule has 3 aromatic rings. The van der Waals surface area contributed by atoms with Crippen LogP contribution in [-0.2, 0) is 11.2 Å². The lowest BCUT2D eigenvalue weighted by molar-refractivity contribution is -0.137. The van der Waals surface area contributed by atoms with Gasteiger partial charge >= 0.3 is 0 Å². The van der Waals surface area contributed by atoms with Crippen LogP contribution in [-0.4, -0.2) is 30.6 Å². The summed E-state index contributed by atoms with van der Waals surface area (Å²) in [6.45, 7) is 2.86. The summed E-state index contributed by atoms with van der Waals surface area (Å²) in [4.78, 5) is 13.3. The third-order valence-electron chi connectivity index (χ3n) is 5.28. The van der Waals surface area contributed by atoms with Gasteiger partial charge in [0.05, 0.1) is 6.04 Å². The van der Waals surface area contributed by atoms with Crippen LogP contribution in [0.5, 0.6) is 5.75 Å². The molecule has 5 nitrogen and oxygen atoms in total. The molecule has 3 rings (SSSR count). The molecule has 0 saturated carbocycles. The molecular formula is C25H31N3O2. The first-order chi connectivity index (χ1) is 14.5. The predicted octanol–water partition coefficient (Wildman–Crippen LogP) is 3.40. The Hall–Kier alpha value is -2.73. The molecule has 0 saturated heterocycles. The number of fused-ring (bicyclic) bond motifs is 1. The summed E-state index contributed by atoms with van der Waals surface area (Å²) in [5, 5.41) is 5.42. The summed E-state index contributed by atoms with van der Waals surface area (Å²) in [7, 11) is 0. The van der Waals surface area contributed by atoms with Crippen LogP contribution in [0.15, 0.2) is 72.8 Å². The molecule has 0 aliphatic carbocycles. The van der Waals surface area contributed by atoms with Crippen molar-refractivity contribution in [3.05, 3.63) is 78.4 Å². The summed E-state index contributed by atoms with van der Waals surface area (Å²) in [5.74, 6) is 0.462. The maximum Gasteiger partial charge on any atom is 0.218 e. The largest absolute Gasteiger partial charge is 0.466 e. The molecule has 0 aliphatic rings. The van der Waals surface area contributed by atoms with Gasteiger partial charge in [0.1, 0.15) is 5.75 Å². The Morgan fingerprint density at radius 3 is 2.47 bits per heavy atom. The van der Waals surface area contributed by atoms with Gasteiger partial charge in [-0.15, -0.1) is 0 Å². The number of aryl methyl sites for hydroxylation is 1. The molecule has 158 valence electrons. The second kappa shape index (κ2) is 10.3. The minimum Gasteiger partial charge on any atom is -0.466 e. The van der Waals surface area contributed by atoms with Crippen LogP contribution in [0, 0.1) is 0 Å². The third kappa shape index (κ3) is 5.66. The predicted molar refractivity (Wildman–Crippen MR) is 122 cm³/mol. The minimum atomic E-state index is -1.23. The van der Waals surface area contributed by atoms with E-state index in [0.717, 1.165) is 29.2 Å². The van der Waals surface area contributed by atoms with Crippen LogP contribution in [0.3, 0.4) is 0 Å². The van der Waals surface area contributed by atoms with E-state index in [0.29, 0.717) is 25.3 Å². The summed E-state index contributed by atoms with van der Waals surface area (Å²) in [6.07, 6.45) is 2.03. The molecule has 0 radical (unpaired) electrons. The van der Waals surface area contributed by atoms with Crippen LogP contribution in [0.25, 0.3) is 10.8 Å². The van der Waals surface area contributed by atoms with Crippen molar-refractivity contribution in [2.75, 3.05) is 13.1 Å². The highest BCUT2D eigenvalue weighted by Crippen LogP contribution is 2.24. The van der Waals surface area contributed by atoms with E-state index in [-0.39, 0.29) is 5.78 Å². The van der Waals surface area contributed by atoms with Crippen molar-refractivity contribution in [1.82, 2.24) is 5.32 Å². The molecule has 0 spiro atoms. The fourth-order valence-electron chi connectivity index (χ4n) is 3.52. The van der Waals surface area contributed by atoms with E-state index in [4.69, 9.17) is 16.2 Å². The Labute approximate surface area is 178 Å². The minimum absolute atomic E-state index is 0.163. The van der Waals surface area contributed by atoms with E-state index in [9.17, 15) is 4.79 Å². The van der Waals surface area contributed by atoms with Crippen molar-refractivity contribution < 1.29 is 9.53 Å². The number of ether oxygens (including phenoxy) is 1. The Morgan fingerprint density at radius 2 is 1.73 bits per heavy atom. The van der Waals surface area contributed by atoms with E-state index in [2.05, 4.69) is 5.32 Å². The summed E-state index contributed by atoms with van der Waals surface area (Å²) < 4.78 is 6.21. The molecule has 0 fully saturated rings. The first kappa shape index (κ1) is 22.0. The number of Topliss-reactive ketones (excluding diaryl/α,β-unsaturated/α-hetero) is 1. The number of rotatable bonds is 11. The zero-order valence-corrected chi connectivity index (χ0v) is 17.5.